The molecule has 14 heavy (non-hydrogen) atoms. The summed E-state index contributed by atoms with van der Waals surface area (Å²) in [5.41, 5.74) is 0. The maximum Gasteiger partial charge on any atom is -0.0352 e. The molecule has 2 aliphatic rings. The van der Waals surface area contributed by atoms with Crippen LogP contribution in [0.5, 0.6) is 0 Å². The first-order chi connectivity index (χ1) is 6.86. The molecular weight excluding hydrogens is 168 g/mol. The molecule has 0 bridgehead atoms. The average molecular weight is 194 g/mol. The summed E-state index contributed by atoms with van der Waals surface area (Å²) in [5.74, 6) is 4.66. The van der Waals surface area contributed by atoms with Crippen LogP contribution in [0.15, 0.2) is 0 Å². The number of hydrogen-bond acceptors (Lipinski definition) is 0. The van der Waals surface area contributed by atoms with Crippen molar-refractivity contribution in [1.29, 1.82) is 0 Å². The largest absolute Gasteiger partial charge is 0.0654 e. The van der Waals surface area contributed by atoms with Crippen molar-refractivity contribution in [3.63, 3.8) is 0 Å². The van der Waals surface area contributed by atoms with Crippen LogP contribution in [-0.4, -0.2) is 0 Å². The van der Waals surface area contributed by atoms with Gasteiger partial charge in [-0.3, -0.25) is 0 Å². The maximum atomic E-state index is 2.36. The molecule has 0 radical (unpaired) electrons. The normalized spacial score (nSPS) is 39.9. The van der Waals surface area contributed by atoms with E-state index in [9.17, 15) is 0 Å². The lowest BCUT2D eigenvalue weighted by atomic mass is 10.1. The summed E-state index contributed by atoms with van der Waals surface area (Å²) >= 11 is 0. The Labute approximate surface area is 89.5 Å². The van der Waals surface area contributed by atoms with Gasteiger partial charge in [-0.2, -0.15) is 0 Å². The summed E-state index contributed by atoms with van der Waals surface area (Å²) in [7, 11) is 0. The van der Waals surface area contributed by atoms with Crippen LogP contribution in [0.4, 0.5) is 0 Å². The fourth-order valence-corrected chi connectivity index (χ4v) is 3.23. The Bertz CT molecular complexity index is 173. The van der Waals surface area contributed by atoms with Crippen molar-refractivity contribution in [2.45, 2.75) is 65.2 Å². The van der Waals surface area contributed by atoms with Gasteiger partial charge in [0.25, 0.3) is 0 Å². The van der Waals surface area contributed by atoms with E-state index in [0.717, 1.165) is 11.8 Å². The highest BCUT2D eigenvalue weighted by Crippen LogP contribution is 2.60. The van der Waals surface area contributed by atoms with Gasteiger partial charge >= 0.3 is 0 Å². The lowest BCUT2D eigenvalue weighted by Crippen LogP contribution is -1.89. The van der Waals surface area contributed by atoms with E-state index in [-0.39, 0.29) is 0 Å². The van der Waals surface area contributed by atoms with Crippen molar-refractivity contribution >= 4 is 0 Å². The van der Waals surface area contributed by atoms with Crippen LogP contribution in [0.2, 0.25) is 0 Å². The minimum Gasteiger partial charge on any atom is -0.0654 e. The monoisotopic (exact) mass is 194 g/mol. The van der Waals surface area contributed by atoms with Crippen LogP contribution in [0.25, 0.3) is 0 Å². The first kappa shape index (κ1) is 10.5. The summed E-state index contributed by atoms with van der Waals surface area (Å²) in [6.07, 6.45) is 12.0. The maximum absolute atomic E-state index is 2.36. The molecule has 82 valence electrons. The summed E-state index contributed by atoms with van der Waals surface area (Å²) in [6.45, 7) is 4.67. The predicted molar refractivity (Wildman–Crippen MR) is 62.2 cm³/mol. The van der Waals surface area contributed by atoms with Crippen LogP contribution in [0.1, 0.15) is 65.2 Å². The zero-order valence-electron chi connectivity index (χ0n) is 9.97. The van der Waals surface area contributed by atoms with Gasteiger partial charge < -0.3 is 0 Å². The molecule has 0 aromatic heterocycles. The Hall–Kier alpha value is 0. The standard InChI is InChI=1S/C14H26/c1-3-5-6-7-8-12-10-14(12)13-9-11(13)4-2/h11-14H,3-10H2,1-2H3. The molecule has 0 aromatic rings. The summed E-state index contributed by atoms with van der Waals surface area (Å²) in [4.78, 5) is 0. The first-order valence-corrected chi connectivity index (χ1v) is 6.86. The van der Waals surface area contributed by atoms with Crippen molar-refractivity contribution in [2.75, 3.05) is 0 Å². The lowest BCUT2D eigenvalue weighted by molar-refractivity contribution is 0.521. The molecule has 0 aromatic carbocycles. The Morgan fingerprint density at radius 1 is 0.857 bits per heavy atom. The Balaban J connectivity index is 1.50. The molecule has 0 heterocycles. The van der Waals surface area contributed by atoms with Gasteiger partial charge in [-0.15, -0.1) is 0 Å². The van der Waals surface area contributed by atoms with Gasteiger partial charge in [-0.05, 0) is 36.5 Å². The second-order valence-corrected chi connectivity index (χ2v) is 5.58. The van der Waals surface area contributed by atoms with E-state index in [1.807, 2.05) is 0 Å². The van der Waals surface area contributed by atoms with Crippen LogP contribution >= 0.6 is 0 Å². The fraction of sp³-hybridized carbons (Fsp3) is 1.00. The molecule has 0 amide bonds. The highest BCUT2D eigenvalue weighted by atomic mass is 14.6. The second-order valence-electron chi connectivity index (χ2n) is 5.58. The van der Waals surface area contributed by atoms with E-state index in [2.05, 4.69) is 13.8 Å². The molecular formula is C14H26. The van der Waals surface area contributed by atoms with E-state index in [1.165, 1.54) is 43.9 Å². The smallest absolute Gasteiger partial charge is 0.0352 e. The number of hydrogen-bond donors (Lipinski definition) is 0. The summed E-state index contributed by atoms with van der Waals surface area (Å²) < 4.78 is 0. The van der Waals surface area contributed by atoms with Gasteiger partial charge in [-0.25, -0.2) is 0 Å². The SMILES string of the molecule is CCCCCCC1CC1C1CC1CC. The van der Waals surface area contributed by atoms with Crippen molar-refractivity contribution in [3.05, 3.63) is 0 Å². The van der Waals surface area contributed by atoms with E-state index in [1.54, 1.807) is 19.3 Å². The average Bonchev–Trinajstić information content (AvgIpc) is 3.04. The minimum absolute atomic E-state index is 1.14. The molecule has 4 atom stereocenters. The molecule has 2 aliphatic carbocycles. The molecule has 2 rings (SSSR count). The quantitative estimate of drug-likeness (QED) is 0.518. The van der Waals surface area contributed by atoms with Crippen molar-refractivity contribution in [1.82, 2.24) is 0 Å². The molecule has 0 aliphatic heterocycles. The van der Waals surface area contributed by atoms with E-state index >= 15 is 0 Å². The molecule has 0 N–H and O–H groups in total. The van der Waals surface area contributed by atoms with Crippen molar-refractivity contribution in [3.8, 4) is 0 Å². The van der Waals surface area contributed by atoms with Gasteiger partial charge in [0, 0.05) is 0 Å². The van der Waals surface area contributed by atoms with Crippen LogP contribution < -0.4 is 0 Å². The van der Waals surface area contributed by atoms with Crippen molar-refractivity contribution in [2.24, 2.45) is 23.7 Å². The first-order valence-electron chi connectivity index (χ1n) is 6.86. The molecule has 4 unspecified atom stereocenters. The Morgan fingerprint density at radius 3 is 2.21 bits per heavy atom. The van der Waals surface area contributed by atoms with Crippen LogP contribution in [0.3, 0.4) is 0 Å². The number of unbranched alkanes of at least 4 members (excludes halogenated alkanes) is 3. The van der Waals surface area contributed by atoms with Gasteiger partial charge in [0.2, 0.25) is 0 Å². The third kappa shape index (κ3) is 2.52. The molecule has 0 heteroatoms. The van der Waals surface area contributed by atoms with Gasteiger partial charge in [0.15, 0.2) is 0 Å². The van der Waals surface area contributed by atoms with Gasteiger partial charge in [0.1, 0.15) is 0 Å². The molecule has 0 saturated heterocycles. The third-order valence-corrected chi connectivity index (χ3v) is 4.46. The topological polar surface area (TPSA) is 0 Å². The van der Waals surface area contributed by atoms with E-state index in [0.29, 0.717) is 0 Å². The Kier molecular flexibility index (Phi) is 3.52. The van der Waals surface area contributed by atoms with Crippen molar-refractivity contribution < 1.29 is 0 Å². The van der Waals surface area contributed by atoms with E-state index in [4.69, 9.17) is 0 Å². The predicted octanol–water partition coefficient (Wildman–Crippen LogP) is 4.64. The second kappa shape index (κ2) is 4.68. The third-order valence-electron chi connectivity index (χ3n) is 4.46. The Morgan fingerprint density at radius 2 is 1.57 bits per heavy atom. The zero-order chi connectivity index (χ0) is 9.97. The highest BCUT2D eigenvalue weighted by Gasteiger charge is 2.51. The lowest BCUT2D eigenvalue weighted by Gasteiger charge is -1.99. The van der Waals surface area contributed by atoms with E-state index < -0.39 is 0 Å². The molecule has 2 saturated carbocycles. The van der Waals surface area contributed by atoms with Crippen LogP contribution in [-0.2, 0) is 0 Å². The fourth-order valence-electron chi connectivity index (χ4n) is 3.23. The van der Waals surface area contributed by atoms with Crippen LogP contribution in [0, 0.1) is 23.7 Å². The zero-order valence-corrected chi connectivity index (χ0v) is 9.97. The van der Waals surface area contributed by atoms with Gasteiger partial charge in [-0.1, -0.05) is 52.4 Å². The molecule has 2 fully saturated rings. The van der Waals surface area contributed by atoms with Gasteiger partial charge in [0.05, 0.1) is 0 Å². The summed E-state index contributed by atoms with van der Waals surface area (Å²) in [5, 5.41) is 0. The highest BCUT2D eigenvalue weighted by molar-refractivity contribution is 5.01. The number of rotatable bonds is 7. The molecule has 0 nitrogen and oxygen atoms in total. The molecule has 0 spiro atoms. The minimum atomic E-state index is 1.14. The summed E-state index contributed by atoms with van der Waals surface area (Å²) in [6, 6.07) is 0.